The second kappa shape index (κ2) is 7.47. The zero-order chi connectivity index (χ0) is 6.24. The van der Waals surface area contributed by atoms with Crippen LogP contribution >= 0.6 is 11.6 Å². The van der Waals surface area contributed by atoms with E-state index >= 15 is 0 Å². The van der Waals surface area contributed by atoms with Crippen LogP contribution < -0.4 is 0 Å². The Labute approximate surface area is 58.3 Å². The Morgan fingerprint density at radius 2 is 2.38 bits per heavy atom. The number of hydrogen-bond donors (Lipinski definition) is 0. The van der Waals surface area contributed by atoms with Crippen molar-refractivity contribution in [3.8, 4) is 0 Å². The van der Waals surface area contributed by atoms with E-state index in [2.05, 4.69) is 0 Å². The fourth-order valence-electron chi connectivity index (χ4n) is 0.443. The van der Waals surface area contributed by atoms with Gasteiger partial charge in [-0.1, -0.05) is 0 Å². The van der Waals surface area contributed by atoms with E-state index in [1.165, 1.54) is 6.04 Å². The summed E-state index contributed by atoms with van der Waals surface area (Å²) in [6, 6.07) is 1.23. The first-order chi connectivity index (χ1) is 3.91. The van der Waals surface area contributed by atoms with Crippen LogP contribution in [0.1, 0.15) is 13.3 Å². The summed E-state index contributed by atoms with van der Waals surface area (Å²) in [6.45, 7) is 2.92. The van der Waals surface area contributed by atoms with Crippen molar-refractivity contribution in [3.05, 3.63) is 0 Å². The topological polar surface area (TPSA) is 9.23 Å². The van der Waals surface area contributed by atoms with Crippen molar-refractivity contribution in [2.75, 3.05) is 12.5 Å². The molecule has 0 saturated heterocycles. The van der Waals surface area contributed by atoms with E-state index in [1.807, 2.05) is 6.92 Å². The Morgan fingerprint density at radius 3 is 2.88 bits per heavy atom. The highest BCUT2D eigenvalue weighted by Crippen LogP contribution is 1.90. The molecule has 50 valence electrons. The van der Waals surface area contributed by atoms with Crippen molar-refractivity contribution in [2.24, 2.45) is 0 Å². The normalized spacial score (nSPS) is 11.2. The minimum absolute atomic E-state index is 0.184. The van der Waals surface area contributed by atoms with Gasteiger partial charge < -0.3 is 4.43 Å². The maximum Gasteiger partial charge on any atom is 0.161 e. The molecular formula is C5H13ClOSi. The maximum atomic E-state index is 5.45. The SMILES string of the molecule is CCO[SiH2]CCCCl. The molecule has 0 aromatic carbocycles. The quantitative estimate of drug-likeness (QED) is 0.326. The molecular weight excluding hydrogens is 140 g/mol. The Kier molecular flexibility index (Phi) is 7.90. The van der Waals surface area contributed by atoms with Crippen molar-refractivity contribution < 1.29 is 4.43 Å². The van der Waals surface area contributed by atoms with Crippen LogP contribution in [0.15, 0.2) is 0 Å². The first-order valence-electron chi connectivity index (χ1n) is 3.05. The number of rotatable bonds is 5. The molecule has 3 heteroatoms. The van der Waals surface area contributed by atoms with E-state index < -0.39 is 0 Å². The molecule has 0 aliphatic carbocycles. The van der Waals surface area contributed by atoms with E-state index in [4.69, 9.17) is 16.0 Å². The van der Waals surface area contributed by atoms with Gasteiger partial charge in [-0.2, -0.15) is 0 Å². The van der Waals surface area contributed by atoms with Gasteiger partial charge in [-0.25, -0.2) is 0 Å². The van der Waals surface area contributed by atoms with E-state index in [1.54, 1.807) is 0 Å². The number of alkyl halides is 1. The maximum absolute atomic E-state index is 5.45. The molecule has 0 aromatic rings. The molecule has 0 amide bonds. The molecule has 0 N–H and O–H groups in total. The summed E-state index contributed by atoms with van der Waals surface area (Å²) in [5.41, 5.74) is 0. The molecule has 1 nitrogen and oxygen atoms in total. The van der Waals surface area contributed by atoms with Crippen LogP contribution in [0.25, 0.3) is 0 Å². The monoisotopic (exact) mass is 152 g/mol. The van der Waals surface area contributed by atoms with Crippen molar-refractivity contribution in [1.82, 2.24) is 0 Å². The van der Waals surface area contributed by atoms with Gasteiger partial charge in [0.15, 0.2) is 9.76 Å². The van der Waals surface area contributed by atoms with Gasteiger partial charge in [-0.3, -0.25) is 0 Å². The predicted octanol–water partition coefficient (Wildman–Crippen LogP) is 1.15. The third kappa shape index (κ3) is 6.47. The lowest BCUT2D eigenvalue weighted by Crippen LogP contribution is -1.96. The molecule has 0 aliphatic heterocycles. The average Bonchev–Trinajstić information content (AvgIpc) is 1.81. The lowest BCUT2D eigenvalue weighted by Gasteiger charge is -1.95. The molecule has 0 aromatic heterocycles. The first-order valence-corrected chi connectivity index (χ1v) is 5.16. The van der Waals surface area contributed by atoms with Crippen molar-refractivity contribution in [3.63, 3.8) is 0 Å². The van der Waals surface area contributed by atoms with Crippen LogP contribution in [-0.4, -0.2) is 22.3 Å². The highest BCUT2D eigenvalue weighted by molar-refractivity contribution is 6.27. The van der Waals surface area contributed by atoms with E-state index in [0.717, 1.165) is 18.9 Å². The van der Waals surface area contributed by atoms with Crippen LogP contribution in [0.3, 0.4) is 0 Å². The fourth-order valence-corrected chi connectivity index (χ4v) is 1.90. The van der Waals surface area contributed by atoms with Gasteiger partial charge in [0.1, 0.15) is 0 Å². The number of halogens is 1. The molecule has 0 rings (SSSR count). The molecule has 0 heterocycles. The summed E-state index contributed by atoms with van der Waals surface area (Å²) in [6.07, 6.45) is 1.13. The van der Waals surface area contributed by atoms with Crippen LogP contribution in [-0.2, 0) is 4.43 Å². The Hall–Kier alpha value is 0.467. The fraction of sp³-hybridized carbons (Fsp3) is 1.00. The van der Waals surface area contributed by atoms with Crippen LogP contribution in [0.4, 0.5) is 0 Å². The van der Waals surface area contributed by atoms with Crippen molar-refractivity contribution in [2.45, 2.75) is 19.4 Å². The zero-order valence-electron chi connectivity index (χ0n) is 5.32. The van der Waals surface area contributed by atoms with Gasteiger partial charge in [-0.15, -0.1) is 11.6 Å². The van der Waals surface area contributed by atoms with Crippen LogP contribution in [0.2, 0.25) is 6.04 Å². The second-order valence-electron chi connectivity index (χ2n) is 1.59. The third-order valence-corrected chi connectivity index (χ3v) is 2.63. The molecule has 0 unspecified atom stereocenters. The highest BCUT2D eigenvalue weighted by atomic mass is 35.5. The second-order valence-corrected chi connectivity index (χ2v) is 3.49. The van der Waals surface area contributed by atoms with Crippen molar-refractivity contribution in [1.29, 1.82) is 0 Å². The molecule has 0 radical (unpaired) electrons. The molecule has 8 heavy (non-hydrogen) atoms. The minimum Gasteiger partial charge on any atom is -0.424 e. The molecule has 0 aliphatic rings. The van der Waals surface area contributed by atoms with Gasteiger partial charge in [0.2, 0.25) is 0 Å². The van der Waals surface area contributed by atoms with Gasteiger partial charge in [-0.05, 0) is 19.4 Å². The summed E-state index contributed by atoms with van der Waals surface area (Å²) < 4.78 is 5.22. The molecule has 0 atom stereocenters. The summed E-state index contributed by atoms with van der Waals surface area (Å²) >= 11 is 5.45. The third-order valence-electron chi connectivity index (χ3n) is 0.876. The smallest absolute Gasteiger partial charge is 0.161 e. The largest absolute Gasteiger partial charge is 0.424 e. The predicted molar refractivity (Wildman–Crippen MR) is 40.3 cm³/mol. The Balaban J connectivity index is 2.53. The lowest BCUT2D eigenvalue weighted by atomic mass is 10.6. The van der Waals surface area contributed by atoms with Crippen LogP contribution in [0, 0.1) is 0 Å². The Bertz CT molecular complexity index is 37.4. The lowest BCUT2D eigenvalue weighted by molar-refractivity contribution is 0.359. The van der Waals surface area contributed by atoms with E-state index in [9.17, 15) is 0 Å². The van der Waals surface area contributed by atoms with Crippen molar-refractivity contribution >= 4 is 21.4 Å². The first kappa shape index (κ1) is 8.47. The van der Waals surface area contributed by atoms with Gasteiger partial charge >= 0.3 is 0 Å². The van der Waals surface area contributed by atoms with E-state index in [0.29, 0.717) is 0 Å². The Morgan fingerprint density at radius 1 is 1.62 bits per heavy atom. The van der Waals surface area contributed by atoms with Gasteiger partial charge in [0.25, 0.3) is 0 Å². The molecule has 0 spiro atoms. The molecule has 0 fully saturated rings. The summed E-state index contributed by atoms with van der Waals surface area (Å²) in [5, 5.41) is 0. The summed E-state index contributed by atoms with van der Waals surface area (Å²) in [7, 11) is -0.184. The summed E-state index contributed by atoms with van der Waals surface area (Å²) in [4.78, 5) is 0. The zero-order valence-corrected chi connectivity index (χ0v) is 7.49. The van der Waals surface area contributed by atoms with Gasteiger partial charge in [0.05, 0.1) is 0 Å². The van der Waals surface area contributed by atoms with Gasteiger partial charge in [0, 0.05) is 12.5 Å². The highest BCUT2D eigenvalue weighted by Gasteiger charge is 1.85. The van der Waals surface area contributed by atoms with Crippen LogP contribution in [0.5, 0.6) is 0 Å². The molecule has 0 bridgehead atoms. The average molecular weight is 153 g/mol. The molecule has 0 saturated carbocycles. The summed E-state index contributed by atoms with van der Waals surface area (Å²) in [5.74, 6) is 0.792. The number of hydrogen-bond acceptors (Lipinski definition) is 1. The van der Waals surface area contributed by atoms with E-state index in [-0.39, 0.29) is 9.76 Å². The standard InChI is InChI=1S/C5H13ClOSi/c1-2-7-8-5-3-4-6/h2-5,8H2,1H3. The minimum atomic E-state index is -0.184.